The largest absolute Gasteiger partial charge is 0.267 e. The summed E-state index contributed by atoms with van der Waals surface area (Å²) in [4.78, 5) is 0. The second kappa shape index (κ2) is 4.48. The van der Waals surface area contributed by atoms with Crippen LogP contribution in [0.1, 0.15) is 11.1 Å². The fraction of sp³-hybridized carbons (Fsp3) is 0.182. The van der Waals surface area contributed by atoms with Crippen LogP contribution in [-0.4, -0.2) is 9.78 Å². The van der Waals surface area contributed by atoms with E-state index in [1.165, 1.54) is 12.1 Å². The summed E-state index contributed by atoms with van der Waals surface area (Å²) in [5.41, 5.74) is 1.48. The van der Waals surface area contributed by atoms with E-state index in [4.69, 9.17) is 0 Å². The summed E-state index contributed by atoms with van der Waals surface area (Å²) in [5, 5.41) is 4.21. The maximum Gasteiger partial charge on any atom is 0.131 e. The molecule has 16 heavy (non-hydrogen) atoms. The van der Waals surface area contributed by atoms with Crippen molar-refractivity contribution in [3.8, 4) is 0 Å². The zero-order valence-corrected chi connectivity index (χ0v) is 10.7. The van der Waals surface area contributed by atoms with E-state index in [9.17, 15) is 8.78 Å². The molecule has 0 aliphatic heterocycles. The van der Waals surface area contributed by atoms with Gasteiger partial charge in [0.15, 0.2) is 0 Å². The molecular weight excluding hydrogens is 325 g/mol. The third-order valence-corrected chi connectivity index (χ3v) is 3.30. The summed E-state index contributed by atoms with van der Waals surface area (Å²) in [7, 11) is 0. The van der Waals surface area contributed by atoms with Crippen molar-refractivity contribution >= 4 is 22.6 Å². The Kier molecular flexibility index (Phi) is 3.22. The van der Waals surface area contributed by atoms with Gasteiger partial charge in [-0.3, -0.25) is 4.68 Å². The molecule has 84 valence electrons. The molecule has 0 atom stereocenters. The van der Waals surface area contributed by atoms with Gasteiger partial charge in [0.1, 0.15) is 15.3 Å². The molecule has 0 bridgehead atoms. The Balaban J connectivity index is 2.27. The average Bonchev–Trinajstić information content (AvgIpc) is 2.51. The zero-order chi connectivity index (χ0) is 11.7. The second-order valence-electron chi connectivity index (χ2n) is 3.54. The SMILES string of the molecule is Cc1cn(Cc2ccc(F)cc2F)nc1I. The summed E-state index contributed by atoms with van der Waals surface area (Å²) in [6, 6.07) is 3.57. The van der Waals surface area contributed by atoms with Crippen molar-refractivity contribution in [1.29, 1.82) is 0 Å². The van der Waals surface area contributed by atoms with Gasteiger partial charge in [-0.05, 0) is 35.6 Å². The molecule has 0 fully saturated rings. The Bertz CT molecular complexity index is 503. The minimum Gasteiger partial charge on any atom is -0.267 e. The first-order valence-corrected chi connectivity index (χ1v) is 5.77. The van der Waals surface area contributed by atoms with Gasteiger partial charge in [-0.25, -0.2) is 8.78 Å². The van der Waals surface area contributed by atoms with E-state index in [0.29, 0.717) is 12.1 Å². The van der Waals surface area contributed by atoms with Crippen LogP contribution in [0.3, 0.4) is 0 Å². The summed E-state index contributed by atoms with van der Waals surface area (Å²) in [5.74, 6) is -1.10. The Morgan fingerprint density at radius 3 is 2.69 bits per heavy atom. The highest BCUT2D eigenvalue weighted by Gasteiger charge is 2.06. The van der Waals surface area contributed by atoms with Crippen molar-refractivity contribution in [3.05, 3.63) is 50.9 Å². The zero-order valence-electron chi connectivity index (χ0n) is 8.54. The highest BCUT2D eigenvalue weighted by Crippen LogP contribution is 2.13. The smallest absolute Gasteiger partial charge is 0.131 e. The van der Waals surface area contributed by atoms with Gasteiger partial charge in [0.2, 0.25) is 0 Å². The average molecular weight is 334 g/mol. The van der Waals surface area contributed by atoms with Crippen molar-refractivity contribution in [1.82, 2.24) is 9.78 Å². The third-order valence-electron chi connectivity index (χ3n) is 2.23. The lowest BCUT2D eigenvalue weighted by Crippen LogP contribution is -2.03. The van der Waals surface area contributed by atoms with Gasteiger partial charge in [-0.15, -0.1) is 0 Å². The van der Waals surface area contributed by atoms with Gasteiger partial charge in [0.25, 0.3) is 0 Å². The van der Waals surface area contributed by atoms with Crippen LogP contribution in [0, 0.1) is 22.3 Å². The molecule has 1 aromatic carbocycles. The number of benzene rings is 1. The van der Waals surface area contributed by atoms with Crippen molar-refractivity contribution in [3.63, 3.8) is 0 Å². The predicted octanol–water partition coefficient (Wildman–Crippen LogP) is 3.12. The van der Waals surface area contributed by atoms with E-state index in [2.05, 4.69) is 27.7 Å². The van der Waals surface area contributed by atoms with Crippen molar-refractivity contribution in [2.75, 3.05) is 0 Å². The molecule has 0 saturated heterocycles. The topological polar surface area (TPSA) is 17.8 Å². The van der Waals surface area contributed by atoms with Gasteiger partial charge >= 0.3 is 0 Å². The fourth-order valence-electron chi connectivity index (χ4n) is 1.40. The molecule has 1 heterocycles. The molecule has 1 aromatic heterocycles. The number of hydrogen-bond donors (Lipinski definition) is 0. The molecule has 0 amide bonds. The molecule has 2 aromatic rings. The molecule has 0 spiro atoms. The maximum atomic E-state index is 13.4. The lowest BCUT2D eigenvalue weighted by Gasteiger charge is -2.03. The molecule has 2 nitrogen and oxygen atoms in total. The number of halogens is 3. The van der Waals surface area contributed by atoms with Crippen LogP contribution in [0.2, 0.25) is 0 Å². The van der Waals surface area contributed by atoms with Gasteiger partial charge in [0, 0.05) is 23.4 Å². The number of aromatic nitrogens is 2. The maximum absolute atomic E-state index is 13.4. The van der Waals surface area contributed by atoms with E-state index >= 15 is 0 Å². The monoisotopic (exact) mass is 334 g/mol. The summed E-state index contributed by atoms with van der Waals surface area (Å²) >= 11 is 2.12. The van der Waals surface area contributed by atoms with Crippen LogP contribution in [0.25, 0.3) is 0 Å². The molecule has 0 aliphatic rings. The Labute approximate surface area is 105 Å². The Morgan fingerprint density at radius 2 is 2.12 bits per heavy atom. The van der Waals surface area contributed by atoms with Crippen LogP contribution >= 0.6 is 22.6 Å². The van der Waals surface area contributed by atoms with Crippen LogP contribution in [0.5, 0.6) is 0 Å². The van der Waals surface area contributed by atoms with Crippen molar-refractivity contribution in [2.45, 2.75) is 13.5 Å². The quantitative estimate of drug-likeness (QED) is 0.772. The van der Waals surface area contributed by atoms with Crippen LogP contribution < -0.4 is 0 Å². The highest BCUT2D eigenvalue weighted by molar-refractivity contribution is 14.1. The fourth-order valence-corrected chi connectivity index (χ4v) is 1.82. The molecule has 0 radical (unpaired) electrons. The molecule has 0 aliphatic carbocycles. The molecule has 5 heteroatoms. The van der Waals surface area contributed by atoms with Crippen LogP contribution in [0.15, 0.2) is 24.4 Å². The molecule has 2 rings (SSSR count). The number of rotatable bonds is 2. The van der Waals surface area contributed by atoms with E-state index in [1.54, 1.807) is 4.68 Å². The minimum absolute atomic E-state index is 0.315. The first-order valence-electron chi connectivity index (χ1n) is 4.70. The highest BCUT2D eigenvalue weighted by atomic mass is 127. The standard InChI is InChI=1S/C11H9F2IN2/c1-7-5-16(15-11(7)14)6-8-2-3-9(12)4-10(8)13/h2-5H,6H2,1H3. The minimum atomic E-state index is -0.563. The van der Waals surface area contributed by atoms with Gasteiger partial charge in [0.05, 0.1) is 6.54 Å². The van der Waals surface area contributed by atoms with Gasteiger partial charge in [-0.2, -0.15) is 5.10 Å². The Hall–Kier alpha value is -0.980. The summed E-state index contributed by atoms with van der Waals surface area (Å²) in [6.45, 7) is 2.25. The second-order valence-corrected chi connectivity index (χ2v) is 4.56. The predicted molar refractivity (Wildman–Crippen MR) is 65.1 cm³/mol. The summed E-state index contributed by atoms with van der Waals surface area (Å²) in [6.07, 6.45) is 1.84. The van der Waals surface area contributed by atoms with E-state index in [1.807, 2.05) is 13.1 Å². The number of aryl methyl sites for hydroxylation is 1. The number of hydrogen-bond acceptors (Lipinski definition) is 1. The molecule has 0 saturated carbocycles. The van der Waals surface area contributed by atoms with Crippen LogP contribution in [0.4, 0.5) is 8.78 Å². The van der Waals surface area contributed by atoms with Crippen molar-refractivity contribution in [2.24, 2.45) is 0 Å². The first kappa shape index (κ1) is 11.5. The van der Waals surface area contributed by atoms with Gasteiger partial charge in [-0.1, -0.05) is 6.07 Å². The lowest BCUT2D eigenvalue weighted by atomic mass is 10.2. The van der Waals surface area contributed by atoms with Crippen molar-refractivity contribution < 1.29 is 8.78 Å². The molecule has 0 N–H and O–H groups in total. The first-order chi connectivity index (χ1) is 7.56. The van der Waals surface area contributed by atoms with Crippen LogP contribution in [-0.2, 0) is 6.54 Å². The Morgan fingerprint density at radius 1 is 1.38 bits per heavy atom. The third kappa shape index (κ3) is 2.40. The number of nitrogens with zero attached hydrogens (tertiary/aromatic N) is 2. The molecule has 0 unspecified atom stereocenters. The van der Waals surface area contributed by atoms with E-state index in [0.717, 1.165) is 15.3 Å². The lowest BCUT2D eigenvalue weighted by molar-refractivity contribution is 0.558. The summed E-state index contributed by atoms with van der Waals surface area (Å²) < 4.78 is 28.6. The van der Waals surface area contributed by atoms with E-state index < -0.39 is 11.6 Å². The molecular formula is C11H9F2IN2. The van der Waals surface area contributed by atoms with E-state index in [-0.39, 0.29) is 0 Å². The van der Waals surface area contributed by atoms with Gasteiger partial charge < -0.3 is 0 Å². The normalized spacial score (nSPS) is 10.8.